The average molecular weight is 402 g/mol. The fourth-order valence-corrected chi connectivity index (χ4v) is 3.29. The summed E-state index contributed by atoms with van der Waals surface area (Å²) in [7, 11) is 0. The van der Waals surface area contributed by atoms with Gasteiger partial charge in [0.1, 0.15) is 10.6 Å². The second-order valence-electron chi connectivity index (χ2n) is 6.52. The van der Waals surface area contributed by atoms with Crippen LogP contribution in [0.4, 0.5) is 9.80 Å². The molecule has 146 valence electrons. The van der Waals surface area contributed by atoms with Gasteiger partial charge in [0, 0.05) is 18.0 Å². The molecule has 0 saturated heterocycles. The Balaban J connectivity index is 2.53. The number of ether oxygens (including phenoxy) is 2. The number of rotatable bonds is 6. The number of amides is 1. The molecule has 1 heterocycles. The van der Waals surface area contributed by atoms with Crippen LogP contribution in [0.5, 0.6) is 0 Å². The van der Waals surface area contributed by atoms with Crippen LogP contribution < -0.4 is 16.0 Å². The van der Waals surface area contributed by atoms with Crippen molar-refractivity contribution in [3.8, 4) is 0 Å². The van der Waals surface area contributed by atoms with Crippen LogP contribution in [0.2, 0.25) is 0 Å². The summed E-state index contributed by atoms with van der Waals surface area (Å²) in [6.45, 7) is 12.1. The maximum absolute atomic E-state index is 12.1. The van der Waals surface area contributed by atoms with Gasteiger partial charge in [-0.3, -0.25) is 0 Å². The number of carbonyl (C=O) groups excluding carboxylic acids is 2. The van der Waals surface area contributed by atoms with Gasteiger partial charge in [0.15, 0.2) is 5.11 Å². The number of anilines is 1. The molecule has 0 saturated carbocycles. The first-order chi connectivity index (χ1) is 12.0. The topological polar surface area (TPSA) is 88.7 Å². The molecule has 0 aromatic carbocycles. The van der Waals surface area contributed by atoms with E-state index in [2.05, 4.69) is 16.0 Å². The van der Waals surface area contributed by atoms with Gasteiger partial charge in [-0.05, 0) is 59.3 Å². The van der Waals surface area contributed by atoms with Crippen LogP contribution in [0.1, 0.15) is 48.5 Å². The van der Waals surface area contributed by atoms with Crippen molar-refractivity contribution in [2.75, 3.05) is 25.0 Å². The maximum Gasteiger partial charge on any atom is 0.407 e. The first-order valence-electron chi connectivity index (χ1n) is 8.34. The summed E-state index contributed by atoms with van der Waals surface area (Å²) in [5, 5.41) is 9.66. The van der Waals surface area contributed by atoms with Gasteiger partial charge in [-0.2, -0.15) is 0 Å². The van der Waals surface area contributed by atoms with E-state index >= 15 is 0 Å². The summed E-state index contributed by atoms with van der Waals surface area (Å²) < 4.78 is 10.3. The third kappa shape index (κ3) is 7.17. The Morgan fingerprint density at radius 1 is 1.15 bits per heavy atom. The lowest BCUT2D eigenvalue weighted by Crippen LogP contribution is -2.39. The van der Waals surface area contributed by atoms with Crippen molar-refractivity contribution < 1.29 is 19.1 Å². The van der Waals surface area contributed by atoms with Gasteiger partial charge < -0.3 is 25.4 Å². The fraction of sp³-hybridized carbons (Fsp3) is 0.588. The minimum atomic E-state index is -0.535. The number of alkyl carbamates (subject to hydrolysis) is 1. The molecule has 3 N–H and O–H groups in total. The predicted octanol–water partition coefficient (Wildman–Crippen LogP) is 3.35. The number of aryl methyl sites for hydroxylation is 1. The highest BCUT2D eigenvalue weighted by atomic mass is 32.1. The minimum Gasteiger partial charge on any atom is -0.462 e. The van der Waals surface area contributed by atoms with Crippen molar-refractivity contribution >= 4 is 45.7 Å². The largest absolute Gasteiger partial charge is 0.462 e. The van der Waals surface area contributed by atoms with Gasteiger partial charge in [-0.25, -0.2) is 9.59 Å². The van der Waals surface area contributed by atoms with Crippen LogP contribution in [0.25, 0.3) is 0 Å². The van der Waals surface area contributed by atoms with Crippen LogP contribution in [0, 0.1) is 13.8 Å². The smallest absolute Gasteiger partial charge is 0.407 e. The molecule has 0 bridgehead atoms. The van der Waals surface area contributed by atoms with E-state index in [1.54, 1.807) is 27.7 Å². The van der Waals surface area contributed by atoms with Crippen molar-refractivity contribution in [3.63, 3.8) is 0 Å². The second-order valence-corrected chi connectivity index (χ2v) is 8.15. The van der Waals surface area contributed by atoms with E-state index in [1.165, 1.54) is 11.3 Å². The standard InChI is InChI=1S/C17H27N3O4S2/c1-7-23-14(21)12-10(2)11(3)26-13(12)20-15(25)18-8-9-19-16(22)24-17(4,5)6/h7-9H2,1-6H3,(H,19,22)(H2,18,20,25). The molecule has 0 atom stereocenters. The summed E-state index contributed by atoms with van der Waals surface area (Å²) in [4.78, 5) is 24.7. The SMILES string of the molecule is CCOC(=O)c1c(NC(=S)NCCNC(=O)OC(C)(C)C)sc(C)c1C. The van der Waals surface area contributed by atoms with Crippen molar-refractivity contribution in [1.29, 1.82) is 0 Å². The van der Waals surface area contributed by atoms with Gasteiger partial charge in [0.25, 0.3) is 0 Å². The molecule has 1 amide bonds. The molecule has 1 aromatic heterocycles. The predicted molar refractivity (Wildman–Crippen MR) is 108 cm³/mol. The molecule has 26 heavy (non-hydrogen) atoms. The summed E-state index contributed by atoms with van der Waals surface area (Å²) in [6, 6.07) is 0. The van der Waals surface area contributed by atoms with E-state index in [-0.39, 0.29) is 5.97 Å². The van der Waals surface area contributed by atoms with Crippen LogP contribution in [0.3, 0.4) is 0 Å². The molecule has 0 fully saturated rings. The summed E-state index contributed by atoms with van der Waals surface area (Å²) >= 11 is 6.70. The van der Waals surface area contributed by atoms with Gasteiger partial charge >= 0.3 is 12.1 Å². The molecule has 0 aliphatic rings. The van der Waals surface area contributed by atoms with Crippen LogP contribution >= 0.6 is 23.6 Å². The number of esters is 1. The Morgan fingerprint density at radius 2 is 1.77 bits per heavy atom. The summed E-state index contributed by atoms with van der Waals surface area (Å²) in [6.07, 6.45) is -0.479. The first-order valence-corrected chi connectivity index (χ1v) is 9.56. The molecule has 1 aromatic rings. The van der Waals surface area contributed by atoms with Crippen molar-refractivity contribution in [3.05, 3.63) is 16.0 Å². The molecular weight excluding hydrogens is 374 g/mol. The quantitative estimate of drug-likeness (QED) is 0.383. The van der Waals surface area contributed by atoms with Gasteiger partial charge in [0.2, 0.25) is 0 Å². The lowest BCUT2D eigenvalue weighted by molar-refractivity contribution is 0.0517. The lowest BCUT2D eigenvalue weighted by Gasteiger charge is -2.19. The normalized spacial score (nSPS) is 10.8. The van der Waals surface area contributed by atoms with E-state index in [0.717, 1.165) is 10.4 Å². The second kappa shape index (κ2) is 9.72. The Bertz CT molecular complexity index is 666. The highest BCUT2D eigenvalue weighted by molar-refractivity contribution is 7.80. The third-order valence-corrected chi connectivity index (χ3v) is 4.54. The number of thiocarbonyl (C=S) groups is 1. The van der Waals surface area contributed by atoms with E-state index < -0.39 is 11.7 Å². The van der Waals surface area contributed by atoms with Gasteiger partial charge in [-0.15, -0.1) is 11.3 Å². The van der Waals surface area contributed by atoms with Crippen LogP contribution in [-0.4, -0.2) is 42.5 Å². The minimum absolute atomic E-state index is 0.311. The summed E-state index contributed by atoms with van der Waals surface area (Å²) in [5.41, 5.74) is 0.850. The molecule has 0 radical (unpaired) electrons. The number of hydrogen-bond acceptors (Lipinski definition) is 6. The Kier molecular flexibility index (Phi) is 8.29. The summed E-state index contributed by atoms with van der Waals surface area (Å²) in [5.74, 6) is -0.369. The number of carbonyl (C=O) groups is 2. The average Bonchev–Trinajstić information content (AvgIpc) is 2.76. The van der Waals surface area contributed by atoms with Crippen molar-refractivity contribution in [2.24, 2.45) is 0 Å². The monoisotopic (exact) mass is 401 g/mol. The molecular formula is C17H27N3O4S2. The van der Waals surface area contributed by atoms with Crippen molar-refractivity contribution in [2.45, 2.75) is 47.1 Å². The molecule has 7 nitrogen and oxygen atoms in total. The van der Waals surface area contributed by atoms with Crippen LogP contribution in [-0.2, 0) is 9.47 Å². The highest BCUT2D eigenvalue weighted by Gasteiger charge is 2.21. The Morgan fingerprint density at radius 3 is 2.35 bits per heavy atom. The molecule has 0 aliphatic carbocycles. The Labute approximate surface area is 163 Å². The van der Waals surface area contributed by atoms with Crippen LogP contribution in [0.15, 0.2) is 0 Å². The number of nitrogens with one attached hydrogen (secondary N) is 3. The zero-order valence-electron chi connectivity index (χ0n) is 16.1. The fourth-order valence-electron chi connectivity index (χ4n) is 1.97. The molecule has 1 rings (SSSR count). The highest BCUT2D eigenvalue weighted by Crippen LogP contribution is 2.32. The van der Waals surface area contributed by atoms with Gasteiger partial charge in [0.05, 0.1) is 12.2 Å². The van der Waals surface area contributed by atoms with Crippen molar-refractivity contribution in [1.82, 2.24) is 10.6 Å². The Hall–Kier alpha value is -1.87. The molecule has 9 heteroatoms. The van der Waals surface area contributed by atoms with E-state index in [1.807, 2.05) is 13.8 Å². The van der Waals surface area contributed by atoms with E-state index in [0.29, 0.717) is 35.4 Å². The van der Waals surface area contributed by atoms with E-state index in [4.69, 9.17) is 21.7 Å². The number of thiophene rings is 1. The molecule has 0 unspecified atom stereocenters. The van der Waals surface area contributed by atoms with Gasteiger partial charge in [-0.1, -0.05) is 0 Å². The first kappa shape index (κ1) is 22.2. The zero-order valence-corrected chi connectivity index (χ0v) is 17.7. The molecule has 0 spiro atoms. The lowest BCUT2D eigenvalue weighted by atomic mass is 10.1. The van der Waals surface area contributed by atoms with E-state index in [9.17, 15) is 9.59 Å². The zero-order chi connectivity index (χ0) is 19.9. The molecule has 0 aliphatic heterocycles. The maximum atomic E-state index is 12.1. The number of hydrogen-bond donors (Lipinski definition) is 3. The third-order valence-electron chi connectivity index (χ3n) is 3.17.